The van der Waals surface area contributed by atoms with Crippen molar-refractivity contribution < 1.29 is 52.9 Å². The van der Waals surface area contributed by atoms with Crippen molar-refractivity contribution in [1.82, 2.24) is 14.5 Å². The van der Waals surface area contributed by atoms with Crippen molar-refractivity contribution in [2.75, 3.05) is 25.8 Å². The second-order valence-corrected chi connectivity index (χ2v) is 13.7. The third-order valence-corrected chi connectivity index (χ3v) is 9.72. The fourth-order valence-electron chi connectivity index (χ4n) is 4.00. The Morgan fingerprint density at radius 2 is 1.79 bits per heavy atom. The SMILES string of the molecule is CCCCCNCOc1ccc(CO/N=c2/ccn([C@@H]3O[C@H](COP(=O)(O)CP(=O)(O)O)[C@H](O)C3O)c(=O)n2C)cc1. The van der Waals surface area contributed by atoms with Gasteiger partial charge in [0.1, 0.15) is 37.4 Å². The van der Waals surface area contributed by atoms with Gasteiger partial charge in [-0.1, -0.05) is 37.1 Å². The van der Waals surface area contributed by atoms with E-state index in [2.05, 4.69) is 21.9 Å². The van der Waals surface area contributed by atoms with Crippen LogP contribution in [0.25, 0.3) is 0 Å². The molecule has 1 aliphatic heterocycles. The largest absolute Gasteiger partial charge is 0.478 e. The molecule has 0 saturated carbocycles. The number of aliphatic hydroxyl groups excluding tert-OH is 2. The van der Waals surface area contributed by atoms with Gasteiger partial charge in [-0.15, -0.1) is 0 Å². The maximum atomic E-state index is 13.0. The van der Waals surface area contributed by atoms with Crippen molar-refractivity contribution in [2.24, 2.45) is 12.2 Å². The normalized spacial score (nSPS) is 22.7. The summed E-state index contributed by atoms with van der Waals surface area (Å²) in [5.41, 5.74) is 0.282. The molecule has 3 rings (SSSR count). The zero-order chi connectivity index (χ0) is 30.9. The topological polar surface area (TPSA) is 224 Å². The molecule has 1 aromatic heterocycles. The van der Waals surface area contributed by atoms with Gasteiger partial charge in [-0.3, -0.25) is 23.6 Å². The molecule has 0 spiro atoms. The number of hydrogen-bond acceptors (Lipinski definition) is 11. The van der Waals surface area contributed by atoms with E-state index in [9.17, 15) is 29.0 Å². The average Bonchev–Trinajstić information content (AvgIpc) is 3.20. The summed E-state index contributed by atoms with van der Waals surface area (Å²) in [4.78, 5) is 45.8. The fourth-order valence-corrected chi connectivity index (χ4v) is 6.57. The highest BCUT2D eigenvalue weighted by Gasteiger charge is 2.45. The highest BCUT2D eigenvalue weighted by Crippen LogP contribution is 2.55. The standard InChI is InChI=1S/C24H38N4O12P2/c1-3-4-5-11-25-15-37-18-8-6-17(7-9-18)13-38-26-20-10-12-28(24(31)27(20)2)23-22(30)21(29)19(40-23)14-39-42(35,36)16-41(32,33)34/h6-10,12,19,21-23,25,29-30H,3-5,11,13-16H2,1-2H3,(H,35,36)(H2,32,33,34)/b26-20-/t19-,21+,22?,23-/m1/s1. The number of benzene rings is 1. The first-order chi connectivity index (χ1) is 19.8. The molecule has 0 aliphatic carbocycles. The van der Waals surface area contributed by atoms with Crippen LogP contribution in [0.15, 0.2) is 46.5 Å². The summed E-state index contributed by atoms with van der Waals surface area (Å²) >= 11 is 0. The molecular formula is C24H38N4O12P2. The Balaban J connectivity index is 1.57. The quantitative estimate of drug-likeness (QED) is 0.0632. The van der Waals surface area contributed by atoms with E-state index in [1.54, 1.807) is 0 Å². The molecule has 1 fully saturated rings. The van der Waals surface area contributed by atoms with Gasteiger partial charge in [-0.05, 0) is 30.7 Å². The molecule has 2 unspecified atom stereocenters. The van der Waals surface area contributed by atoms with Gasteiger partial charge in [0.05, 0.1) is 6.61 Å². The number of ether oxygens (including phenoxy) is 2. The van der Waals surface area contributed by atoms with Gasteiger partial charge in [0.2, 0.25) is 0 Å². The van der Waals surface area contributed by atoms with Crippen molar-refractivity contribution in [1.29, 1.82) is 0 Å². The number of aliphatic hydroxyl groups is 2. The maximum absolute atomic E-state index is 13.0. The Morgan fingerprint density at radius 1 is 1.07 bits per heavy atom. The number of rotatable bonds is 16. The summed E-state index contributed by atoms with van der Waals surface area (Å²) in [7, 11) is -8.16. The first-order valence-corrected chi connectivity index (χ1v) is 16.8. The summed E-state index contributed by atoms with van der Waals surface area (Å²) in [6.45, 7) is 2.81. The highest BCUT2D eigenvalue weighted by atomic mass is 31.2. The van der Waals surface area contributed by atoms with Crippen LogP contribution >= 0.6 is 15.2 Å². The molecule has 0 amide bonds. The van der Waals surface area contributed by atoms with Crippen molar-refractivity contribution in [3.05, 3.63) is 58.1 Å². The average molecular weight is 637 g/mol. The van der Waals surface area contributed by atoms with Crippen LogP contribution in [-0.2, 0) is 36.9 Å². The van der Waals surface area contributed by atoms with Crippen LogP contribution in [0.1, 0.15) is 38.0 Å². The Hall–Kier alpha value is -2.36. The van der Waals surface area contributed by atoms with Gasteiger partial charge in [-0.2, -0.15) is 0 Å². The van der Waals surface area contributed by atoms with Crippen molar-refractivity contribution in [2.45, 2.75) is 57.3 Å². The maximum Gasteiger partial charge on any atom is 0.340 e. The van der Waals surface area contributed by atoms with E-state index in [4.69, 9.17) is 24.1 Å². The Kier molecular flexibility index (Phi) is 12.5. The number of hydrogen-bond donors (Lipinski definition) is 6. The van der Waals surface area contributed by atoms with E-state index in [0.29, 0.717) is 12.5 Å². The lowest BCUT2D eigenvalue weighted by atomic mass is 10.1. The molecule has 16 nitrogen and oxygen atoms in total. The van der Waals surface area contributed by atoms with Crippen LogP contribution in [0.5, 0.6) is 5.75 Å². The van der Waals surface area contributed by atoms with Crippen LogP contribution in [0.4, 0.5) is 0 Å². The molecule has 2 aromatic rings. The molecular weight excluding hydrogens is 598 g/mol. The van der Waals surface area contributed by atoms with Crippen LogP contribution < -0.4 is 21.2 Å². The fraction of sp³-hybridized carbons (Fsp3) is 0.583. The van der Waals surface area contributed by atoms with Crippen molar-refractivity contribution >= 4 is 15.2 Å². The third-order valence-electron chi connectivity index (χ3n) is 6.26. The minimum Gasteiger partial charge on any atom is -0.478 e. The summed E-state index contributed by atoms with van der Waals surface area (Å²) in [6.07, 6.45) is -1.32. The van der Waals surface area contributed by atoms with Crippen LogP contribution in [0.3, 0.4) is 0 Å². The molecule has 1 aliphatic rings. The predicted octanol–water partition coefficient (Wildman–Crippen LogP) is 0.292. The van der Waals surface area contributed by atoms with E-state index < -0.39 is 57.9 Å². The lowest BCUT2D eigenvalue weighted by Crippen LogP contribution is -2.42. The molecule has 42 heavy (non-hydrogen) atoms. The zero-order valence-corrected chi connectivity index (χ0v) is 25.0. The van der Waals surface area contributed by atoms with Crippen LogP contribution in [0.2, 0.25) is 0 Å². The Morgan fingerprint density at radius 3 is 2.45 bits per heavy atom. The third kappa shape index (κ3) is 10.1. The zero-order valence-electron chi connectivity index (χ0n) is 23.3. The monoisotopic (exact) mass is 636 g/mol. The van der Waals surface area contributed by atoms with Gasteiger partial charge in [-0.25, -0.2) is 4.79 Å². The van der Waals surface area contributed by atoms with E-state index in [1.807, 2.05) is 24.3 Å². The van der Waals surface area contributed by atoms with E-state index >= 15 is 0 Å². The van der Waals surface area contributed by atoms with Gasteiger partial charge in [0, 0.05) is 19.3 Å². The van der Waals surface area contributed by atoms with Gasteiger partial charge >= 0.3 is 20.9 Å². The molecule has 0 radical (unpaired) electrons. The molecule has 2 heterocycles. The first kappa shape index (κ1) is 34.1. The number of nitrogens with zero attached hydrogens (tertiary/aromatic N) is 3. The predicted molar refractivity (Wildman–Crippen MR) is 148 cm³/mol. The highest BCUT2D eigenvalue weighted by molar-refractivity contribution is 7.70. The number of nitrogens with one attached hydrogen (secondary N) is 1. The summed E-state index contributed by atoms with van der Waals surface area (Å²) in [5, 5.41) is 28.0. The molecule has 18 heteroatoms. The lowest BCUT2D eigenvalue weighted by molar-refractivity contribution is -0.0530. The van der Waals surface area contributed by atoms with Crippen LogP contribution in [0, 0.1) is 0 Å². The van der Waals surface area contributed by atoms with Crippen LogP contribution in [-0.4, -0.2) is 78.1 Å². The van der Waals surface area contributed by atoms with E-state index in [0.717, 1.165) is 34.1 Å². The van der Waals surface area contributed by atoms with Crippen molar-refractivity contribution in [3.63, 3.8) is 0 Å². The van der Waals surface area contributed by atoms with E-state index in [-0.39, 0.29) is 12.1 Å². The summed E-state index contributed by atoms with van der Waals surface area (Å²) in [5.74, 6) is -0.719. The van der Waals surface area contributed by atoms with Crippen molar-refractivity contribution in [3.8, 4) is 5.75 Å². The van der Waals surface area contributed by atoms with Gasteiger partial charge in [0.25, 0.3) is 0 Å². The molecule has 1 saturated heterocycles. The molecule has 6 N–H and O–H groups in total. The minimum absolute atomic E-state index is 0.119. The summed E-state index contributed by atoms with van der Waals surface area (Å²) < 4.78 is 40.8. The summed E-state index contributed by atoms with van der Waals surface area (Å²) in [6, 6.07) is 8.69. The Labute approximate surface area is 241 Å². The number of aromatic nitrogens is 2. The second-order valence-electron chi connectivity index (χ2n) is 9.71. The molecule has 0 bridgehead atoms. The van der Waals surface area contributed by atoms with Gasteiger partial charge < -0.3 is 43.7 Å². The van der Waals surface area contributed by atoms with Gasteiger partial charge in [0.15, 0.2) is 17.6 Å². The second kappa shape index (κ2) is 15.4. The molecule has 236 valence electrons. The van der Waals surface area contributed by atoms with E-state index in [1.165, 1.54) is 25.7 Å². The molecule has 1 aromatic carbocycles. The minimum atomic E-state index is -4.85. The molecule has 5 atom stereocenters. The Bertz CT molecular complexity index is 1380. The number of unbranched alkanes of at least 4 members (excludes halogenated alkanes) is 2. The smallest absolute Gasteiger partial charge is 0.340 e. The first-order valence-electron chi connectivity index (χ1n) is 13.2. The lowest BCUT2D eigenvalue weighted by Gasteiger charge is -2.19.